The van der Waals surface area contributed by atoms with Gasteiger partial charge in [0.05, 0.1) is 0 Å². The van der Waals surface area contributed by atoms with Crippen LogP contribution in [0.1, 0.15) is 33.1 Å². The Morgan fingerprint density at radius 2 is 2.25 bits per heavy atom. The second-order valence-electron chi connectivity index (χ2n) is 2.74. The lowest BCUT2D eigenvalue weighted by molar-refractivity contribution is -0.139. The van der Waals surface area contributed by atoms with E-state index in [1.807, 2.05) is 0 Å². The molecule has 0 aliphatic carbocycles. The maximum atomic E-state index is 11.0. The number of alkyl halides is 1. The molecule has 3 heteroatoms. The van der Waals surface area contributed by atoms with Gasteiger partial charge in [0.15, 0.2) is 4.11 Å². The third-order valence-electron chi connectivity index (χ3n) is 1.37. The summed E-state index contributed by atoms with van der Waals surface area (Å²) in [5.41, 5.74) is 0.466. The summed E-state index contributed by atoms with van der Waals surface area (Å²) in [6.07, 6.45) is 3.15. The number of unbranched alkanes of at least 4 members (excludes halogenated alkanes) is 1. The third-order valence-corrected chi connectivity index (χ3v) is 2.25. The van der Waals surface area contributed by atoms with Crippen molar-refractivity contribution in [1.29, 1.82) is 0 Å². The number of carbonyl (C=O) groups is 1. The molecule has 0 aliphatic heterocycles. The van der Waals surface area contributed by atoms with E-state index >= 15 is 0 Å². The van der Waals surface area contributed by atoms with Crippen LogP contribution in [0.2, 0.25) is 0 Å². The molecule has 0 spiro atoms. The fourth-order valence-electron chi connectivity index (χ4n) is 0.640. The molecule has 0 aliphatic rings. The summed E-state index contributed by atoms with van der Waals surface area (Å²) in [6, 6.07) is 0. The Morgan fingerprint density at radius 1 is 1.67 bits per heavy atom. The number of rotatable bonds is 5. The average Bonchev–Trinajstić information content (AvgIpc) is 2.00. The zero-order valence-electron chi connectivity index (χ0n) is 7.60. The number of ether oxygens (including phenoxy) is 1. The van der Waals surface area contributed by atoms with Crippen LogP contribution in [-0.4, -0.2) is 10.1 Å². The first kappa shape index (κ1) is 11.9. The molecule has 1 unspecified atom stereocenters. The number of esters is 1. The molecule has 0 saturated heterocycles. The van der Waals surface area contributed by atoms with Crippen LogP contribution in [0.5, 0.6) is 0 Å². The van der Waals surface area contributed by atoms with E-state index in [2.05, 4.69) is 36.1 Å². The number of hydrogen-bond donors (Lipinski definition) is 0. The maximum Gasteiger partial charge on any atom is 0.334 e. The highest BCUT2D eigenvalue weighted by Gasteiger charge is 2.09. The molecule has 0 aromatic heterocycles. The molecular formula is C9H15IO2. The van der Waals surface area contributed by atoms with Crippen molar-refractivity contribution in [3.8, 4) is 0 Å². The average molecular weight is 282 g/mol. The fraction of sp³-hybridized carbons (Fsp3) is 0.667. The summed E-state index contributed by atoms with van der Waals surface area (Å²) in [5.74, 6) is -0.287. The molecule has 0 radical (unpaired) electrons. The van der Waals surface area contributed by atoms with Gasteiger partial charge in [0, 0.05) is 5.57 Å². The van der Waals surface area contributed by atoms with Gasteiger partial charge in [0.1, 0.15) is 0 Å². The molecule has 0 saturated carbocycles. The Labute approximate surface area is 87.5 Å². The van der Waals surface area contributed by atoms with Crippen LogP contribution in [0, 0.1) is 0 Å². The first-order chi connectivity index (χ1) is 5.57. The Bertz CT molecular complexity index is 166. The van der Waals surface area contributed by atoms with E-state index in [0.29, 0.717) is 5.57 Å². The number of halogens is 1. The molecule has 0 N–H and O–H groups in total. The maximum absolute atomic E-state index is 11.0. The third kappa shape index (κ3) is 5.57. The van der Waals surface area contributed by atoms with Crippen LogP contribution in [0.4, 0.5) is 0 Å². The highest BCUT2D eigenvalue weighted by molar-refractivity contribution is 14.1. The van der Waals surface area contributed by atoms with Crippen molar-refractivity contribution in [3.63, 3.8) is 0 Å². The largest absolute Gasteiger partial charge is 0.448 e. The molecule has 0 amide bonds. The van der Waals surface area contributed by atoms with Crippen molar-refractivity contribution in [1.82, 2.24) is 0 Å². The molecule has 0 fully saturated rings. The molecule has 0 aromatic rings. The second kappa shape index (κ2) is 6.46. The van der Waals surface area contributed by atoms with Gasteiger partial charge < -0.3 is 4.74 Å². The first-order valence-electron chi connectivity index (χ1n) is 4.08. The Kier molecular flexibility index (Phi) is 6.42. The van der Waals surface area contributed by atoms with Crippen molar-refractivity contribution in [2.45, 2.75) is 37.2 Å². The topological polar surface area (TPSA) is 26.3 Å². The zero-order chi connectivity index (χ0) is 9.56. The van der Waals surface area contributed by atoms with Gasteiger partial charge in [-0.25, -0.2) is 4.79 Å². The summed E-state index contributed by atoms with van der Waals surface area (Å²) in [5, 5.41) is 0. The van der Waals surface area contributed by atoms with Crippen LogP contribution in [0.3, 0.4) is 0 Å². The standard InChI is InChI=1S/C9H15IO2/c1-4-5-6-8(10)12-9(11)7(2)3/h8H,2,4-6H2,1,3H3. The second-order valence-corrected chi connectivity index (χ2v) is 4.13. The smallest absolute Gasteiger partial charge is 0.334 e. The van der Waals surface area contributed by atoms with Gasteiger partial charge in [-0.05, 0) is 42.4 Å². The van der Waals surface area contributed by atoms with Crippen LogP contribution in [0.15, 0.2) is 12.2 Å². The minimum atomic E-state index is -0.287. The van der Waals surface area contributed by atoms with Crippen molar-refractivity contribution < 1.29 is 9.53 Å². The quantitative estimate of drug-likeness (QED) is 0.335. The van der Waals surface area contributed by atoms with E-state index in [1.165, 1.54) is 0 Å². The first-order valence-corrected chi connectivity index (χ1v) is 5.33. The van der Waals surface area contributed by atoms with Gasteiger partial charge in [-0.15, -0.1) is 0 Å². The highest BCUT2D eigenvalue weighted by Crippen LogP contribution is 2.13. The Balaban J connectivity index is 3.61. The van der Waals surface area contributed by atoms with E-state index in [4.69, 9.17) is 4.74 Å². The molecule has 0 bridgehead atoms. The van der Waals surface area contributed by atoms with Crippen LogP contribution in [0.25, 0.3) is 0 Å². The zero-order valence-corrected chi connectivity index (χ0v) is 9.76. The van der Waals surface area contributed by atoms with Crippen molar-refractivity contribution >= 4 is 28.6 Å². The van der Waals surface area contributed by atoms with E-state index in [0.717, 1.165) is 19.3 Å². The van der Waals surface area contributed by atoms with Gasteiger partial charge in [-0.2, -0.15) is 0 Å². The van der Waals surface area contributed by atoms with E-state index < -0.39 is 0 Å². The molecule has 1 atom stereocenters. The lowest BCUT2D eigenvalue weighted by Crippen LogP contribution is -2.12. The monoisotopic (exact) mass is 282 g/mol. The molecule has 70 valence electrons. The van der Waals surface area contributed by atoms with Crippen molar-refractivity contribution in [2.75, 3.05) is 0 Å². The van der Waals surface area contributed by atoms with Crippen LogP contribution >= 0.6 is 22.6 Å². The van der Waals surface area contributed by atoms with Gasteiger partial charge >= 0.3 is 5.97 Å². The summed E-state index contributed by atoms with van der Waals surface area (Å²) < 4.78 is 5.05. The lowest BCUT2D eigenvalue weighted by atomic mass is 10.3. The normalized spacial score (nSPS) is 12.2. The van der Waals surface area contributed by atoms with E-state index in [9.17, 15) is 4.79 Å². The molecule has 2 nitrogen and oxygen atoms in total. The summed E-state index contributed by atoms with van der Waals surface area (Å²) in [6.45, 7) is 7.28. The highest BCUT2D eigenvalue weighted by atomic mass is 127. The fourth-order valence-corrected chi connectivity index (χ4v) is 1.31. The Morgan fingerprint density at radius 3 is 2.67 bits per heavy atom. The molecular weight excluding hydrogens is 267 g/mol. The van der Waals surface area contributed by atoms with Gasteiger partial charge in [-0.1, -0.05) is 19.9 Å². The summed E-state index contributed by atoms with van der Waals surface area (Å²) in [4.78, 5) is 11.0. The molecule has 0 aromatic carbocycles. The SMILES string of the molecule is C=C(C)C(=O)OC(I)CCCC. The predicted octanol–water partition coefficient (Wildman–Crippen LogP) is 3.06. The van der Waals surface area contributed by atoms with Crippen molar-refractivity contribution in [2.24, 2.45) is 0 Å². The minimum Gasteiger partial charge on any atom is -0.448 e. The van der Waals surface area contributed by atoms with E-state index in [1.54, 1.807) is 6.92 Å². The van der Waals surface area contributed by atoms with Gasteiger partial charge in [0.2, 0.25) is 0 Å². The van der Waals surface area contributed by atoms with Crippen LogP contribution in [-0.2, 0) is 9.53 Å². The summed E-state index contributed by atoms with van der Waals surface area (Å²) in [7, 11) is 0. The van der Waals surface area contributed by atoms with Gasteiger partial charge in [-0.3, -0.25) is 0 Å². The van der Waals surface area contributed by atoms with E-state index in [-0.39, 0.29) is 10.1 Å². The number of carbonyl (C=O) groups excluding carboxylic acids is 1. The Hall–Kier alpha value is -0.0600. The van der Waals surface area contributed by atoms with Crippen LogP contribution < -0.4 is 0 Å². The molecule has 0 heterocycles. The lowest BCUT2D eigenvalue weighted by Gasteiger charge is -2.10. The summed E-state index contributed by atoms with van der Waals surface area (Å²) >= 11 is 2.13. The molecule has 12 heavy (non-hydrogen) atoms. The predicted molar refractivity (Wildman–Crippen MR) is 58.2 cm³/mol. The van der Waals surface area contributed by atoms with Crippen molar-refractivity contribution in [3.05, 3.63) is 12.2 Å². The van der Waals surface area contributed by atoms with Gasteiger partial charge in [0.25, 0.3) is 0 Å². The minimum absolute atomic E-state index is 0.00764. The number of hydrogen-bond acceptors (Lipinski definition) is 2. The molecule has 0 rings (SSSR count).